The smallest absolute Gasteiger partial charge is 0.207 e. The van der Waals surface area contributed by atoms with Gasteiger partial charge in [0.2, 0.25) is 10.0 Å². The molecule has 1 aliphatic carbocycles. The number of benzene rings is 1. The van der Waals surface area contributed by atoms with Gasteiger partial charge in [-0.05, 0) is 31.0 Å². The minimum atomic E-state index is -3.67. The maximum absolute atomic E-state index is 12.5. The van der Waals surface area contributed by atoms with E-state index in [0.717, 1.165) is 36.6 Å². The van der Waals surface area contributed by atoms with Crippen LogP contribution in [0.5, 0.6) is 0 Å². The van der Waals surface area contributed by atoms with Gasteiger partial charge in [-0.1, -0.05) is 46.8 Å². The van der Waals surface area contributed by atoms with Crippen molar-refractivity contribution in [2.24, 2.45) is 0 Å². The highest BCUT2D eigenvalue weighted by Gasteiger charge is 2.36. The third-order valence-electron chi connectivity index (χ3n) is 3.60. The molecule has 1 saturated carbocycles. The number of alkyl halides is 1. The highest BCUT2D eigenvalue weighted by Crippen LogP contribution is 2.32. The molecule has 0 atom stereocenters. The van der Waals surface area contributed by atoms with Crippen LogP contribution >= 0.6 is 39.1 Å². The normalized spacial score (nSPS) is 18.9. The number of sulfonamides is 1. The molecule has 1 N–H and O–H groups in total. The number of nitrogens with one attached hydrogen (secondary N) is 1. The second-order valence-corrected chi connectivity index (χ2v) is 8.40. The molecule has 0 radical (unpaired) electrons. The summed E-state index contributed by atoms with van der Waals surface area (Å²) >= 11 is 15.3. The Bertz CT molecular complexity index is 586. The quantitative estimate of drug-likeness (QED) is 0.764. The van der Waals surface area contributed by atoms with Crippen LogP contribution < -0.4 is 4.72 Å². The fourth-order valence-electron chi connectivity index (χ4n) is 2.52. The Morgan fingerprint density at radius 3 is 2.45 bits per heavy atom. The van der Waals surface area contributed by atoms with Gasteiger partial charge < -0.3 is 0 Å². The second kappa shape index (κ2) is 6.53. The minimum Gasteiger partial charge on any atom is -0.207 e. The summed E-state index contributed by atoms with van der Waals surface area (Å²) < 4.78 is 28.6. The van der Waals surface area contributed by atoms with Crippen molar-refractivity contribution in [1.29, 1.82) is 0 Å². The van der Waals surface area contributed by atoms with E-state index in [1.807, 2.05) is 0 Å². The maximum Gasteiger partial charge on any atom is 0.242 e. The molecule has 0 aliphatic heterocycles. The van der Waals surface area contributed by atoms with Gasteiger partial charge in [0.1, 0.15) is 4.90 Å². The summed E-state index contributed by atoms with van der Waals surface area (Å²) in [5, 5.41) is 0.201. The van der Waals surface area contributed by atoms with Crippen LogP contribution in [-0.4, -0.2) is 19.8 Å². The lowest BCUT2D eigenvalue weighted by Crippen LogP contribution is -2.51. The first-order chi connectivity index (χ1) is 9.38. The van der Waals surface area contributed by atoms with E-state index in [-0.39, 0.29) is 15.8 Å². The molecule has 0 aromatic heterocycles. The zero-order chi connectivity index (χ0) is 14.8. The Hall–Kier alpha value is 0.190. The Labute approximate surface area is 138 Å². The molecular formula is C13H16BrCl2NO2S. The second-order valence-electron chi connectivity index (χ2n) is 5.15. The molecule has 112 valence electrons. The lowest BCUT2D eigenvalue weighted by Gasteiger charge is -2.36. The Morgan fingerprint density at radius 1 is 1.25 bits per heavy atom. The van der Waals surface area contributed by atoms with Crippen LogP contribution in [0.1, 0.15) is 32.1 Å². The zero-order valence-corrected chi connectivity index (χ0v) is 14.7. The number of halogens is 3. The fourth-order valence-corrected chi connectivity index (χ4v) is 5.44. The molecule has 0 bridgehead atoms. The van der Waals surface area contributed by atoms with Crippen LogP contribution in [0.2, 0.25) is 5.02 Å². The molecule has 0 heterocycles. The van der Waals surface area contributed by atoms with E-state index in [0.29, 0.717) is 0 Å². The van der Waals surface area contributed by atoms with E-state index >= 15 is 0 Å². The van der Waals surface area contributed by atoms with E-state index in [2.05, 4.69) is 20.7 Å². The number of hydrogen-bond acceptors (Lipinski definition) is 2. The molecular weight excluding hydrogens is 385 g/mol. The van der Waals surface area contributed by atoms with Gasteiger partial charge in [-0.2, -0.15) is 0 Å². The third kappa shape index (κ3) is 3.69. The maximum atomic E-state index is 12.5. The highest BCUT2D eigenvalue weighted by atomic mass is 79.9. The summed E-state index contributed by atoms with van der Waals surface area (Å²) in [5.74, 6) is 0.278. The van der Waals surface area contributed by atoms with Crippen LogP contribution in [0.15, 0.2) is 27.6 Å². The van der Waals surface area contributed by atoms with Crippen molar-refractivity contribution in [2.75, 3.05) is 5.88 Å². The molecule has 1 fully saturated rings. The average molecular weight is 401 g/mol. The van der Waals surface area contributed by atoms with E-state index < -0.39 is 15.6 Å². The summed E-state index contributed by atoms with van der Waals surface area (Å²) in [7, 11) is -3.67. The van der Waals surface area contributed by atoms with Gasteiger partial charge in [0.05, 0.1) is 5.02 Å². The molecule has 0 unspecified atom stereocenters. The standard InChI is InChI=1S/C13H16BrCl2NO2S/c14-10-4-5-12(11(16)8-10)20(18,19)17-13(9-15)6-2-1-3-7-13/h4-5,8,17H,1-3,6-7,9H2. The summed E-state index contributed by atoms with van der Waals surface area (Å²) in [5.41, 5.74) is -0.547. The largest absolute Gasteiger partial charge is 0.242 e. The van der Waals surface area contributed by atoms with Gasteiger partial charge in [0.15, 0.2) is 0 Å². The molecule has 20 heavy (non-hydrogen) atoms. The summed E-state index contributed by atoms with van der Waals surface area (Å²) in [4.78, 5) is 0.0948. The van der Waals surface area contributed by atoms with E-state index in [4.69, 9.17) is 23.2 Å². The van der Waals surface area contributed by atoms with Crippen molar-refractivity contribution in [1.82, 2.24) is 4.72 Å². The Balaban J connectivity index is 2.30. The van der Waals surface area contributed by atoms with Gasteiger partial charge in [0, 0.05) is 15.9 Å². The molecule has 1 aromatic carbocycles. The van der Waals surface area contributed by atoms with Crippen molar-refractivity contribution in [2.45, 2.75) is 42.5 Å². The van der Waals surface area contributed by atoms with Crippen molar-refractivity contribution >= 4 is 49.2 Å². The highest BCUT2D eigenvalue weighted by molar-refractivity contribution is 9.10. The molecule has 3 nitrogen and oxygen atoms in total. The van der Waals surface area contributed by atoms with Crippen molar-refractivity contribution in [3.05, 3.63) is 27.7 Å². The van der Waals surface area contributed by atoms with E-state index in [9.17, 15) is 8.42 Å². The van der Waals surface area contributed by atoms with Crippen molar-refractivity contribution in [3.63, 3.8) is 0 Å². The average Bonchev–Trinajstić information content (AvgIpc) is 2.38. The van der Waals surface area contributed by atoms with Crippen molar-refractivity contribution in [3.8, 4) is 0 Å². The Kier molecular flexibility index (Phi) is 5.40. The lowest BCUT2D eigenvalue weighted by molar-refractivity contribution is 0.298. The topological polar surface area (TPSA) is 46.2 Å². The summed E-state index contributed by atoms with van der Waals surface area (Å²) in [6.45, 7) is 0. The molecule has 1 aliphatic rings. The van der Waals surface area contributed by atoms with Crippen molar-refractivity contribution < 1.29 is 8.42 Å². The van der Waals surface area contributed by atoms with Gasteiger partial charge in [-0.3, -0.25) is 0 Å². The Morgan fingerprint density at radius 2 is 1.90 bits per heavy atom. The molecule has 0 amide bonds. The third-order valence-corrected chi connectivity index (χ3v) is 6.67. The zero-order valence-electron chi connectivity index (χ0n) is 10.8. The predicted molar refractivity (Wildman–Crippen MR) is 86.0 cm³/mol. The first-order valence-corrected chi connectivity index (χ1v) is 9.62. The first kappa shape index (κ1) is 16.6. The van der Waals surface area contributed by atoms with Gasteiger partial charge >= 0.3 is 0 Å². The molecule has 1 aromatic rings. The summed E-state index contributed by atoms with van der Waals surface area (Å²) in [6.07, 6.45) is 4.64. The first-order valence-electron chi connectivity index (χ1n) is 6.44. The fraction of sp³-hybridized carbons (Fsp3) is 0.538. The minimum absolute atomic E-state index is 0.0948. The van der Waals surface area contributed by atoms with Crippen LogP contribution in [0.4, 0.5) is 0 Å². The number of hydrogen-bond donors (Lipinski definition) is 1. The SMILES string of the molecule is O=S(=O)(NC1(CCl)CCCCC1)c1ccc(Br)cc1Cl. The van der Waals surface area contributed by atoms with Gasteiger partial charge in [-0.15, -0.1) is 11.6 Å². The molecule has 7 heteroatoms. The lowest BCUT2D eigenvalue weighted by atomic mass is 9.84. The summed E-state index contributed by atoms with van der Waals surface area (Å²) in [6, 6.07) is 4.73. The van der Waals surface area contributed by atoms with E-state index in [1.54, 1.807) is 12.1 Å². The molecule has 2 rings (SSSR count). The molecule has 0 saturated heterocycles. The number of rotatable bonds is 4. The molecule has 0 spiro atoms. The van der Waals surface area contributed by atoms with Crippen LogP contribution in [0, 0.1) is 0 Å². The monoisotopic (exact) mass is 399 g/mol. The van der Waals surface area contributed by atoms with Crippen LogP contribution in [0.3, 0.4) is 0 Å². The van der Waals surface area contributed by atoms with E-state index in [1.165, 1.54) is 6.07 Å². The van der Waals surface area contributed by atoms with Crippen LogP contribution in [-0.2, 0) is 10.0 Å². The van der Waals surface area contributed by atoms with Gasteiger partial charge in [-0.25, -0.2) is 13.1 Å². The van der Waals surface area contributed by atoms with Crippen LogP contribution in [0.25, 0.3) is 0 Å². The van der Waals surface area contributed by atoms with Gasteiger partial charge in [0.25, 0.3) is 0 Å². The predicted octanol–water partition coefficient (Wildman–Crippen LogP) is 4.32.